The van der Waals surface area contributed by atoms with Crippen LogP contribution < -0.4 is 0 Å². The first kappa shape index (κ1) is 16.2. The first-order chi connectivity index (χ1) is 11.2. The van der Waals surface area contributed by atoms with Crippen molar-refractivity contribution < 1.29 is 4.79 Å². The molecule has 4 heteroatoms. The monoisotopic (exact) mass is 328 g/mol. The van der Waals surface area contributed by atoms with Gasteiger partial charge in [0.05, 0.1) is 6.42 Å². The van der Waals surface area contributed by atoms with Gasteiger partial charge < -0.3 is 4.90 Å². The fraction of sp³-hybridized carbons (Fsp3) is 0.421. The summed E-state index contributed by atoms with van der Waals surface area (Å²) in [5.74, 6) is 0.265. The highest BCUT2D eigenvalue weighted by atomic mass is 32.1. The van der Waals surface area contributed by atoms with Crippen LogP contribution in [0.1, 0.15) is 24.0 Å². The minimum atomic E-state index is 0.265. The molecule has 0 unspecified atom stereocenters. The van der Waals surface area contributed by atoms with Crippen molar-refractivity contribution in [3.05, 3.63) is 58.3 Å². The fourth-order valence-electron chi connectivity index (χ4n) is 3.22. The summed E-state index contributed by atoms with van der Waals surface area (Å²) >= 11 is 1.66. The van der Waals surface area contributed by atoms with E-state index >= 15 is 0 Å². The fourth-order valence-corrected chi connectivity index (χ4v) is 3.89. The second kappa shape index (κ2) is 7.75. The Morgan fingerprint density at radius 3 is 2.83 bits per heavy atom. The molecule has 2 aromatic rings. The van der Waals surface area contributed by atoms with Gasteiger partial charge in [-0.25, -0.2) is 0 Å². The third-order valence-corrected chi connectivity index (χ3v) is 5.31. The first-order valence-electron chi connectivity index (χ1n) is 8.25. The molecule has 2 heterocycles. The zero-order chi connectivity index (χ0) is 16.1. The van der Waals surface area contributed by atoms with Crippen molar-refractivity contribution in [1.29, 1.82) is 0 Å². The van der Waals surface area contributed by atoms with Crippen molar-refractivity contribution in [2.75, 3.05) is 20.1 Å². The average molecular weight is 328 g/mol. The van der Waals surface area contributed by atoms with Gasteiger partial charge in [0.1, 0.15) is 0 Å². The summed E-state index contributed by atoms with van der Waals surface area (Å²) in [5.41, 5.74) is 2.47. The van der Waals surface area contributed by atoms with Crippen LogP contribution in [0.3, 0.4) is 0 Å². The zero-order valence-electron chi connectivity index (χ0n) is 13.6. The van der Waals surface area contributed by atoms with Crippen molar-refractivity contribution in [3.8, 4) is 0 Å². The summed E-state index contributed by atoms with van der Waals surface area (Å²) in [5, 5.41) is 4.11. The number of piperidine rings is 1. The Balaban J connectivity index is 1.56. The topological polar surface area (TPSA) is 23.6 Å². The molecule has 1 amide bonds. The Hall–Kier alpha value is -1.65. The number of nitrogens with zero attached hydrogens (tertiary/aromatic N) is 2. The molecule has 23 heavy (non-hydrogen) atoms. The number of benzene rings is 1. The number of likely N-dealkylation sites (tertiary alicyclic amines) is 1. The van der Waals surface area contributed by atoms with Crippen molar-refractivity contribution in [2.24, 2.45) is 0 Å². The molecule has 1 fully saturated rings. The van der Waals surface area contributed by atoms with Crippen LogP contribution in [0.15, 0.2) is 47.2 Å². The van der Waals surface area contributed by atoms with E-state index in [1.165, 1.54) is 12.0 Å². The van der Waals surface area contributed by atoms with Crippen LogP contribution in [0.25, 0.3) is 0 Å². The van der Waals surface area contributed by atoms with E-state index in [1.807, 2.05) is 16.3 Å². The molecule has 1 aliphatic rings. The lowest BCUT2D eigenvalue weighted by Gasteiger charge is -2.37. The second-order valence-electron chi connectivity index (χ2n) is 6.34. The van der Waals surface area contributed by atoms with Gasteiger partial charge in [0.15, 0.2) is 0 Å². The van der Waals surface area contributed by atoms with Crippen molar-refractivity contribution in [3.63, 3.8) is 0 Å². The van der Waals surface area contributed by atoms with Crippen LogP contribution in [0, 0.1) is 0 Å². The van der Waals surface area contributed by atoms with Crippen molar-refractivity contribution >= 4 is 17.2 Å². The molecular weight excluding hydrogens is 304 g/mol. The molecule has 0 saturated carbocycles. The van der Waals surface area contributed by atoms with Crippen LogP contribution in [0.5, 0.6) is 0 Å². The third-order valence-electron chi connectivity index (χ3n) is 4.58. The lowest BCUT2D eigenvalue weighted by molar-refractivity contribution is -0.132. The van der Waals surface area contributed by atoms with Crippen LogP contribution in [-0.2, 0) is 17.8 Å². The quantitative estimate of drug-likeness (QED) is 0.840. The highest BCUT2D eigenvalue weighted by Crippen LogP contribution is 2.18. The predicted molar refractivity (Wildman–Crippen MR) is 95.5 cm³/mol. The van der Waals surface area contributed by atoms with E-state index in [-0.39, 0.29) is 5.91 Å². The Morgan fingerprint density at radius 1 is 1.26 bits per heavy atom. The largest absolute Gasteiger partial charge is 0.341 e. The molecule has 1 aromatic carbocycles. The van der Waals surface area contributed by atoms with Gasteiger partial charge in [-0.05, 0) is 47.8 Å². The summed E-state index contributed by atoms with van der Waals surface area (Å²) < 4.78 is 0. The summed E-state index contributed by atoms with van der Waals surface area (Å²) in [6, 6.07) is 13.1. The number of hydrogen-bond donors (Lipinski definition) is 0. The standard InChI is InChI=1S/C19H24N2OS/c1-20(13-16-6-3-2-4-7-16)18-8-5-10-21(14-18)19(22)12-17-9-11-23-15-17/h2-4,6-7,9,11,15,18H,5,8,10,12-14H2,1H3/t18-/m0/s1. The summed E-state index contributed by atoms with van der Waals surface area (Å²) in [7, 11) is 2.17. The molecule has 122 valence electrons. The molecule has 0 aliphatic carbocycles. The minimum Gasteiger partial charge on any atom is -0.341 e. The van der Waals surface area contributed by atoms with E-state index in [2.05, 4.69) is 47.7 Å². The van der Waals surface area contributed by atoms with Crippen LogP contribution in [0.2, 0.25) is 0 Å². The summed E-state index contributed by atoms with van der Waals surface area (Å²) in [4.78, 5) is 16.9. The SMILES string of the molecule is CN(Cc1ccccc1)[C@H]1CCCN(C(=O)Cc2ccsc2)C1. The van der Waals surface area contributed by atoms with E-state index in [0.29, 0.717) is 12.5 Å². The molecule has 3 nitrogen and oxygen atoms in total. The van der Waals surface area contributed by atoms with Gasteiger partial charge in [-0.3, -0.25) is 9.69 Å². The summed E-state index contributed by atoms with van der Waals surface area (Å²) in [6.45, 7) is 2.70. The molecule has 1 saturated heterocycles. The molecule has 0 radical (unpaired) electrons. The zero-order valence-corrected chi connectivity index (χ0v) is 14.5. The number of carbonyl (C=O) groups is 1. The molecule has 0 N–H and O–H groups in total. The maximum absolute atomic E-state index is 12.5. The van der Waals surface area contributed by atoms with E-state index in [0.717, 1.165) is 31.6 Å². The number of rotatable bonds is 5. The smallest absolute Gasteiger partial charge is 0.227 e. The minimum absolute atomic E-state index is 0.265. The van der Waals surface area contributed by atoms with Gasteiger partial charge >= 0.3 is 0 Å². The Bertz CT molecular complexity index is 612. The van der Waals surface area contributed by atoms with Gasteiger partial charge in [-0.2, -0.15) is 11.3 Å². The lowest BCUT2D eigenvalue weighted by atomic mass is 10.0. The van der Waals surface area contributed by atoms with Crippen molar-refractivity contribution in [1.82, 2.24) is 9.80 Å². The molecule has 3 rings (SSSR count). The van der Waals surface area contributed by atoms with Gasteiger partial charge in [-0.15, -0.1) is 0 Å². The predicted octanol–water partition coefficient (Wildman–Crippen LogP) is 3.41. The number of carbonyl (C=O) groups excluding carboxylic acids is 1. The highest BCUT2D eigenvalue weighted by molar-refractivity contribution is 7.07. The van der Waals surface area contributed by atoms with Crippen LogP contribution in [-0.4, -0.2) is 41.9 Å². The number of hydrogen-bond acceptors (Lipinski definition) is 3. The Kier molecular flexibility index (Phi) is 5.47. The number of thiophene rings is 1. The van der Waals surface area contributed by atoms with Gasteiger partial charge in [0.2, 0.25) is 5.91 Å². The van der Waals surface area contributed by atoms with E-state index in [4.69, 9.17) is 0 Å². The van der Waals surface area contributed by atoms with Gasteiger partial charge in [-0.1, -0.05) is 30.3 Å². The van der Waals surface area contributed by atoms with Gasteiger partial charge in [0.25, 0.3) is 0 Å². The van der Waals surface area contributed by atoms with E-state index in [1.54, 1.807) is 11.3 Å². The normalized spacial score (nSPS) is 18.3. The number of amides is 1. The molecule has 1 aromatic heterocycles. The molecular formula is C19H24N2OS. The molecule has 1 atom stereocenters. The van der Waals surface area contributed by atoms with Crippen LogP contribution >= 0.6 is 11.3 Å². The third kappa shape index (κ3) is 4.43. The maximum atomic E-state index is 12.5. The average Bonchev–Trinajstić information content (AvgIpc) is 3.09. The summed E-state index contributed by atoms with van der Waals surface area (Å²) in [6.07, 6.45) is 2.81. The molecule has 0 bridgehead atoms. The van der Waals surface area contributed by atoms with E-state index < -0.39 is 0 Å². The highest BCUT2D eigenvalue weighted by Gasteiger charge is 2.26. The van der Waals surface area contributed by atoms with Crippen LogP contribution in [0.4, 0.5) is 0 Å². The Labute approximate surface area is 142 Å². The Morgan fingerprint density at radius 2 is 2.09 bits per heavy atom. The van der Waals surface area contributed by atoms with Crippen molar-refractivity contribution in [2.45, 2.75) is 31.8 Å². The maximum Gasteiger partial charge on any atom is 0.227 e. The molecule has 0 spiro atoms. The lowest BCUT2D eigenvalue weighted by Crippen LogP contribution is -2.48. The number of likely N-dealkylation sites (N-methyl/N-ethyl adjacent to an activating group) is 1. The first-order valence-corrected chi connectivity index (χ1v) is 9.19. The molecule has 1 aliphatic heterocycles. The second-order valence-corrected chi connectivity index (χ2v) is 7.12. The van der Waals surface area contributed by atoms with Gasteiger partial charge in [0, 0.05) is 25.7 Å². The van der Waals surface area contributed by atoms with E-state index in [9.17, 15) is 4.79 Å².